The minimum atomic E-state index is -3.39. The lowest BCUT2D eigenvalue weighted by atomic mass is 10.2. The number of methoxy groups -OCH3 is 2. The third-order valence-corrected chi connectivity index (χ3v) is 3.32. The molecule has 96 valence electrons. The van der Waals surface area contributed by atoms with Gasteiger partial charge in [0.15, 0.2) is 9.84 Å². The Bertz CT molecular complexity index is 498. The van der Waals surface area contributed by atoms with Crippen LogP contribution in [0.4, 0.5) is 0 Å². The van der Waals surface area contributed by atoms with Gasteiger partial charge in [0.1, 0.15) is 16.4 Å². The van der Waals surface area contributed by atoms with Crippen LogP contribution in [-0.2, 0) is 21.3 Å². The van der Waals surface area contributed by atoms with Gasteiger partial charge in [-0.3, -0.25) is 4.84 Å². The summed E-state index contributed by atoms with van der Waals surface area (Å²) in [6.07, 6.45) is 1.10. The van der Waals surface area contributed by atoms with Crippen molar-refractivity contribution in [2.45, 2.75) is 11.5 Å². The normalized spacial score (nSPS) is 11.3. The first-order chi connectivity index (χ1) is 7.93. The lowest BCUT2D eigenvalue weighted by Crippen LogP contribution is -2.06. The predicted molar refractivity (Wildman–Crippen MR) is 61.6 cm³/mol. The van der Waals surface area contributed by atoms with E-state index in [1.54, 1.807) is 0 Å². The average molecular weight is 261 g/mol. The van der Waals surface area contributed by atoms with Gasteiger partial charge in [-0.05, 0) is 6.07 Å². The summed E-state index contributed by atoms with van der Waals surface area (Å²) in [5, 5.41) is 0. The number of ether oxygens (including phenoxy) is 2. The van der Waals surface area contributed by atoms with E-state index in [4.69, 9.17) is 15.4 Å². The molecule has 1 aromatic carbocycles. The zero-order valence-electron chi connectivity index (χ0n) is 9.89. The molecule has 2 N–H and O–H groups in total. The molecule has 0 aliphatic heterocycles. The molecule has 0 fully saturated rings. The number of hydrogen-bond acceptors (Lipinski definition) is 6. The molecule has 0 spiro atoms. The minimum Gasteiger partial charge on any atom is -0.496 e. The molecule has 0 atom stereocenters. The first-order valence-electron chi connectivity index (χ1n) is 4.70. The molecule has 17 heavy (non-hydrogen) atoms. The van der Waals surface area contributed by atoms with E-state index in [0.29, 0.717) is 11.3 Å². The van der Waals surface area contributed by atoms with Crippen LogP contribution in [0.5, 0.6) is 11.5 Å². The minimum absolute atomic E-state index is 0.0672. The molecule has 0 aliphatic rings. The lowest BCUT2D eigenvalue weighted by Gasteiger charge is -2.13. The second-order valence-corrected chi connectivity index (χ2v) is 5.38. The summed E-state index contributed by atoms with van der Waals surface area (Å²) in [4.78, 5) is 4.58. The maximum atomic E-state index is 11.6. The Balaban J connectivity index is 3.43. The number of benzene rings is 1. The van der Waals surface area contributed by atoms with Crippen molar-refractivity contribution in [2.24, 2.45) is 5.90 Å². The van der Waals surface area contributed by atoms with Gasteiger partial charge < -0.3 is 9.47 Å². The topological polar surface area (TPSA) is 87.9 Å². The molecular weight excluding hydrogens is 246 g/mol. The number of rotatable bonds is 5. The summed E-state index contributed by atoms with van der Waals surface area (Å²) in [7, 11) is -0.556. The van der Waals surface area contributed by atoms with Crippen molar-refractivity contribution in [3.05, 3.63) is 17.7 Å². The largest absolute Gasteiger partial charge is 0.496 e. The fraction of sp³-hybridized carbons (Fsp3) is 0.400. The van der Waals surface area contributed by atoms with Crippen LogP contribution in [0.25, 0.3) is 0 Å². The fourth-order valence-electron chi connectivity index (χ4n) is 1.43. The van der Waals surface area contributed by atoms with Gasteiger partial charge in [-0.25, -0.2) is 14.3 Å². The third-order valence-electron chi connectivity index (χ3n) is 2.20. The quantitative estimate of drug-likeness (QED) is 0.776. The highest BCUT2D eigenvalue weighted by Gasteiger charge is 2.18. The highest BCUT2D eigenvalue weighted by molar-refractivity contribution is 7.90. The first-order valence-corrected chi connectivity index (χ1v) is 6.59. The van der Waals surface area contributed by atoms with Crippen molar-refractivity contribution in [1.29, 1.82) is 0 Å². The molecule has 0 unspecified atom stereocenters. The fourth-order valence-corrected chi connectivity index (χ4v) is 2.25. The van der Waals surface area contributed by atoms with Crippen LogP contribution in [0.3, 0.4) is 0 Å². The second kappa shape index (κ2) is 5.35. The molecule has 0 bridgehead atoms. The molecule has 0 aliphatic carbocycles. The Morgan fingerprint density at radius 3 is 2.18 bits per heavy atom. The Hall–Kier alpha value is -1.31. The van der Waals surface area contributed by atoms with Gasteiger partial charge in [0.05, 0.1) is 20.8 Å². The van der Waals surface area contributed by atoms with Crippen LogP contribution in [0, 0.1) is 0 Å². The molecule has 0 aromatic heterocycles. The Morgan fingerprint density at radius 2 is 1.76 bits per heavy atom. The molecule has 7 heteroatoms. The van der Waals surface area contributed by atoms with Crippen LogP contribution in [-0.4, -0.2) is 28.9 Å². The first kappa shape index (κ1) is 13.8. The highest BCUT2D eigenvalue weighted by atomic mass is 32.2. The number of hydrogen-bond donors (Lipinski definition) is 1. The molecule has 0 radical (unpaired) electrons. The van der Waals surface area contributed by atoms with E-state index in [1.165, 1.54) is 26.4 Å². The van der Waals surface area contributed by atoms with E-state index in [9.17, 15) is 8.42 Å². The smallest absolute Gasteiger partial charge is 0.179 e. The van der Waals surface area contributed by atoms with Gasteiger partial charge >= 0.3 is 0 Å². The highest BCUT2D eigenvalue weighted by Crippen LogP contribution is 2.32. The Labute approximate surface area is 100 Å². The van der Waals surface area contributed by atoms with Gasteiger partial charge in [-0.1, -0.05) is 0 Å². The van der Waals surface area contributed by atoms with Gasteiger partial charge in [-0.2, -0.15) is 0 Å². The average Bonchev–Trinajstić information content (AvgIpc) is 2.27. The van der Waals surface area contributed by atoms with E-state index in [-0.39, 0.29) is 17.3 Å². The van der Waals surface area contributed by atoms with Crippen LogP contribution in [0.15, 0.2) is 17.0 Å². The number of nitrogens with two attached hydrogens (primary N) is 1. The van der Waals surface area contributed by atoms with Gasteiger partial charge in [-0.15, -0.1) is 0 Å². The third kappa shape index (κ3) is 3.09. The molecule has 1 aromatic rings. The van der Waals surface area contributed by atoms with Crippen LogP contribution >= 0.6 is 0 Å². The molecule has 6 nitrogen and oxygen atoms in total. The van der Waals surface area contributed by atoms with E-state index in [1.807, 2.05) is 0 Å². The molecule has 0 saturated carbocycles. The standard InChI is InChI=1S/C10H15NO5S/c1-14-8-5-10(17(3,12)13)9(15-2)4-7(8)6-16-11/h4-5H,6,11H2,1-3H3. The zero-order valence-corrected chi connectivity index (χ0v) is 10.7. The summed E-state index contributed by atoms with van der Waals surface area (Å²) in [6, 6.07) is 2.92. The molecule has 1 rings (SSSR count). The van der Waals surface area contributed by atoms with Crippen LogP contribution in [0.2, 0.25) is 0 Å². The Kier molecular flexibility index (Phi) is 4.33. The van der Waals surface area contributed by atoms with E-state index in [2.05, 4.69) is 4.84 Å². The Morgan fingerprint density at radius 1 is 1.18 bits per heavy atom. The molecule has 0 heterocycles. The van der Waals surface area contributed by atoms with Crippen molar-refractivity contribution in [2.75, 3.05) is 20.5 Å². The summed E-state index contributed by atoms with van der Waals surface area (Å²) in [5.41, 5.74) is 0.610. The van der Waals surface area contributed by atoms with Crippen molar-refractivity contribution in [1.82, 2.24) is 0 Å². The van der Waals surface area contributed by atoms with Crippen molar-refractivity contribution >= 4 is 9.84 Å². The summed E-state index contributed by atoms with van der Waals surface area (Å²) < 4.78 is 33.2. The van der Waals surface area contributed by atoms with Gasteiger partial charge in [0.2, 0.25) is 0 Å². The molecule has 0 saturated heterocycles. The number of sulfone groups is 1. The SMILES string of the molecule is COc1cc(S(C)(=O)=O)c(OC)cc1CON. The predicted octanol–water partition coefficient (Wildman–Crippen LogP) is 0.498. The van der Waals surface area contributed by atoms with E-state index >= 15 is 0 Å². The van der Waals surface area contributed by atoms with Gasteiger partial charge in [0, 0.05) is 17.9 Å². The van der Waals surface area contributed by atoms with Crippen molar-refractivity contribution in [3.8, 4) is 11.5 Å². The lowest BCUT2D eigenvalue weighted by molar-refractivity contribution is 0.121. The summed E-state index contributed by atoms with van der Waals surface area (Å²) in [6.45, 7) is 0.101. The summed E-state index contributed by atoms with van der Waals surface area (Å²) >= 11 is 0. The summed E-state index contributed by atoms with van der Waals surface area (Å²) in [5.74, 6) is 5.61. The van der Waals surface area contributed by atoms with Crippen molar-refractivity contribution in [3.63, 3.8) is 0 Å². The molecule has 0 amide bonds. The maximum Gasteiger partial charge on any atom is 0.179 e. The van der Waals surface area contributed by atoms with Crippen molar-refractivity contribution < 1.29 is 22.7 Å². The van der Waals surface area contributed by atoms with E-state index in [0.717, 1.165) is 6.26 Å². The zero-order chi connectivity index (χ0) is 13.1. The monoisotopic (exact) mass is 261 g/mol. The second-order valence-electron chi connectivity index (χ2n) is 3.40. The van der Waals surface area contributed by atoms with Gasteiger partial charge in [0.25, 0.3) is 0 Å². The maximum absolute atomic E-state index is 11.6. The van der Waals surface area contributed by atoms with Crippen LogP contribution < -0.4 is 15.4 Å². The van der Waals surface area contributed by atoms with Crippen LogP contribution in [0.1, 0.15) is 5.56 Å². The molecular formula is C10H15NO5S. The van der Waals surface area contributed by atoms with E-state index < -0.39 is 9.84 Å².